The molecule has 188 valence electrons. The fourth-order valence-electron chi connectivity index (χ4n) is 4.74. The Kier molecular flexibility index (Phi) is 10.3. The Balaban J connectivity index is 2.35. The van der Waals surface area contributed by atoms with Gasteiger partial charge in [0.1, 0.15) is 0 Å². The number of aliphatic hydroxyl groups is 2. The van der Waals surface area contributed by atoms with Gasteiger partial charge in [0.15, 0.2) is 0 Å². The Morgan fingerprint density at radius 2 is 1.31 bits per heavy atom. The van der Waals surface area contributed by atoms with Crippen LogP contribution in [0.3, 0.4) is 0 Å². The minimum atomic E-state index is -0.114. The van der Waals surface area contributed by atoms with Crippen molar-refractivity contribution in [3.63, 3.8) is 0 Å². The van der Waals surface area contributed by atoms with Crippen LogP contribution in [0.25, 0.3) is 0 Å². The van der Waals surface area contributed by atoms with Gasteiger partial charge in [-0.05, 0) is 71.5 Å². The smallest absolute Gasteiger partial charge is 0.0625 e. The Bertz CT molecular complexity index is 1150. The van der Waals surface area contributed by atoms with E-state index < -0.39 is 0 Å². The van der Waals surface area contributed by atoms with Gasteiger partial charge in [-0.25, -0.2) is 0 Å². The predicted molar refractivity (Wildman–Crippen MR) is 147 cm³/mol. The van der Waals surface area contributed by atoms with Crippen molar-refractivity contribution >= 4 is 22.7 Å². The molecule has 0 amide bonds. The van der Waals surface area contributed by atoms with E-state index >= 15 is 0 Å². The van der Waals surface area contributed by atoms with Crippen LogP contribution >= 0.6 is 11.3 Å². The second-order valence-electron chi connectivity index (χ2n) is 8.73. The maximum absolute atomic E-state index is 9.63. The van der Waals surface area contributed by atoms with Crippen LogP contribution in [0.5, 0.6) is 0 Å². The van der Waals surface area contributed by atoms with Gasteiger partial charge < -0.3 is 20.8 Å². The van der Waals surface area contributed by atoms with Gasteiger partial charge in [-0.1, -0.05) is 30.3 Å². The van der Waals surface area contributed by atoms with Gasteiger partial charge >= 0.3 is 0 Å². The lowest BCUT2D eigenvalue weighted by Gasteiger charge is -2.29. The van der Waals surface area contributed by atoms with Crippen molar-refractivity contribution in [1.29, 1.82) is 10.5 Å². The summed E-state index contributed by atoms with van der Waals surface area (Å²) in [7, 11) is 0. The zero-order chi connectivity index (χ0) is 25.9. The summed E-state index contributed by atoms with van der Waals surface area (Å²) in [6, 6.07) is 17.1. The SMILES string of the molecule is Cc1ccc(CCC#N)c(NCCO)c1C(c1cccs1)c1c(C)ccc(CCC#N)c1NCCO. The minimum absolute atomic E-state index is 0.000713. The highest BCUT2D eigenvalue weighted by Gasteiger charge is 2.29. The number of rotatable bonds is 13. The maximum atomic E-state index is 9.63. The second kappa shape index (κ2) is 13.7. The molecule has 0 fully saturated rings. The number of nitrogens with zero attached hydrogens (tertiary/aromatic N) is 2. The molecule has 0 atom stereocenters. The first kappa shape index (κ1) is 27.2. The zero-order valence-corrected chi connectivity index (χ0v) is 21.8. The average Bonchev–Trinajstić information content (AvgIpc) is 3.42. The standard InChI is InChI=1S/C29H34N4O2S/c1-20-9-11-22(6-3-13-30)28(32-15-17-34)25(20)27(24-8-5-19-36-24)26-21(2)10-12-23(7-4-14-31)29(26)33-16-18-35/h5,8-12,19,27,32-35H,3-4,6-7,15-18H2,1-2H3. The van der Waals surface area contributed by atoms with Gasteiger partial charge in [0.25, 0.3) is 0 Å². The molecule has 6 nitrogen and oxygen atoms in total. The lowest BCUT2D eigenvalue weighted by Crippen LogP contribution is -2.18. The summed E-state index contributed by atoms with van der Waals surface area (Å²) in [6.45, 7) is 5.02. The van der Waals surface area contributed by atoms with Crippen LogP contribution in [0.15, 0.2) is 41.8 Å². The van der Waals surface area contributed by atoms with Crippen LogP contribution in [-0.4, -0.2) is 36.5 Å². The Morgan fingerprint density at radius 1 is 0.806 bits per heavy atom. The molecular formula is C29H34N4O2S. The molecule has 7 heteroatoms. The van der Waals surface area contributed by atoms with Crippen LogP contribution in [0.4, 0.5) is 11.4 Å². The summed E-state index contributed by atoms with van der Waals surface area (Å²) in [5.74, 6) is -0.114. The molecule has 1 aromatic heterocycles. The number of nitrogens with one attached hydrogen (secondary N) is 2. The van der Waals surface area contributed by atoms with Crippen molar-refractivity contribution in [3.05, 3.63) is 80.0 Å². The molecule has 0 saturated carbocycles. The van der Waals surface area contributed by atoms with E-state index in [0.717, 1.165) is 44.8 Å². The van der Waals surface area contributed by atoms with Crippen LogP contribution in [0, 0.1) is 36.5 Å². The van der Waals surface area contributed by atoms with E-state index in [0.29, 0.717) is 38.8 Å². The van der Waals surface area contributed by atoms with E-state index in [1.165, 1.54) is 4.88 Å². The molecule has 0 aliphatic rings. The van der Waals surface area contributed by atoms with E-state index in [2.05, 4.69) is 78.4 Å². The van der Waals surface area contributed by atoms with Crippen LogP contribution < -0.4 is 10.6 Å². The molecule has 3 rings (SSSR count). The largest absolute Gasteiger partial charge is 0.395 e. The van der Waals surface area contributed by atoms with E-state index in [1.54, 1.807) is 11.3 Å². The normalized spacial score (nSPS) is 10.8. The molecule has 0 radical (unpaired) electrons. The number of aliphatic hydroxyl groups excluding tert-OH is 2. The van der Waals surface area contributed by atoms with E-state index in [9.17, 15) is 20.7 Å². The topological polar surface area (TPSA) is 112 Å². The molecule has 36 heavy (non-hydrogen) atoms. The van der Waals surface area contributed by atoms with Gasteiger partial charge in [0.05, 0.1) is 25.4 Å². The first-order chi connectivity index (χ1) is 17.6. The lowest BCUT2D eigenvalue weighted by molar-refractivity contribution is 0.310. The highest BCUT2D eigenvalue weighted by Crippen LogP contribution is 2.46. The van der Waals surface area contributed by atoms with Crippen molar-refractivity contribution in [1.82, 2.24) is 0 Å². The fraction of sp³-hybridized carbons (Fsp3) is 0.379. The van der Waals surface area contributed by atoms with E-state index in [4.69, 9.17) is 0 Å². The molecule has 2 aromatic carbocycles. The van der Waals surface area contributed by atoms with Crippen molar-refractivity contribution in [3.8, 4) is 12.1 Å². The van der Waals surface area contributed by atoms with Crippen molar-refractivity contribution in [2.24, 2.45) is 0 Å². The van der Waals surface area contributed by atoms with Crippen LogP contribution in [0.1, 0.15) is 57.0 Å². The Hall–Kier alpha value is -3.36. The van der Waals surface area contributed by atoms with Crippen LogP contribution in [0.2, 0.25) is 0 Å². The molecule has 0 bridgehead atoms. The molecule has 0 unspecified atom stereocenters. The van der Waals surface area contributed by atoms with Gasteiger partial charge in [-0.2, -0.15) is 10.5 Å². The summed E-state index contributed by atoms with van der Waals surface area (Å²) >= 11 is 1.69. The molecule has 0 aliphatic heterocycles. The predicted octanol–water partition coefficient (Wildman–Crippen LogP) is 5.27. The third kappa shape index (κ3) is 6.25. The van der Waals surface area contributed by atoms with Gasteiger partial charge in [0, 0.05) is 48.1 Å². The minimum Gasteiger partial charge on any atom is -0.395 e. The fourth-order valence-corrected chi connectivity index (χ4v) is 5.59. The van der Waals surface area contributed by atoms with Crippen molar-refractivity contribution in [2.45, 2.75) is 45.4 Å². The first-order valence-electron chi connectivity index (χ1n) is 12.3. The molecule has 0 spiro atoms. The Labute approximate surface area is 217 Å². The molecule has 1 heterocycles. The number of hydrogen-bond acceptors (Lipinski definition) is 7. The van der Waals surface area contributed by atoms with Crippen molar-refractivity contribution < 1.29 is 10.2 Å². The first-order valence-corrected chi connectivity index (χ1v) is 13.2. The van der Waals surface area contributed by atoms with E-state index in [1.807, 2.05) is 0 Å². The molecule has 0 saturated heterocycles. The Morgan fingerprint density at radius 3 is 1.69 bits per heavy atom. The quantitative estimate of drug-likeness (QED) is 0.253. The molecular weight excluding hydrogens is 468 g/mol. The van der Waals surface area contributed by atoms with Crippen LogP contribution in [-0.2, 0) is 12.8 Å². The maximum Gasteiger partial charge on any atom is 0.0625 e. The number of anilines is 2. The van der Waals surface area contributed by atoms with Crippen molar-refractivity contribution in [2.75, 3.05) is 36.9 Å². The molecule has 4 N–H and O–H groups in total. The number of benzene rings is 2. The lowest BCUT2D eigenvalue weighted by atomic mass is 9.80. The highest BCUT2D eigenvalue weighted by molar-refractivity contribution is 7.10. The molecule has 3 aromatic rings. The summed E-state index contributed by atoms with van der Waals surface area (Å²) in [5, 5.41) is 46.8. The number of aryl methyl sites for hydroxylation is 4. The summed E-state index contributed by atoms with van der Waals surface area (Å²) in [4.78, 5) is 1.18. The van der Waals surface area contributed by atoms with Gasteiger partial charge in [-0.3, -0.25) is 0 Å². The highest BCUT2D eigenvalue weighted by atomic mass is 32.1. The number of nitriles is 2. The third-order valence-corrected chi connectivity index (χ3v) is 7.28. The number of hydrogen-bond donors (Lipinski definition) is 4. The van der Waals surface area contributed by atoms with Gasteiger partial charge in [0.2, 0.25) is 0 Å². The van der Waals surface area contributed by atoms with E-state index in [-0.39, 0.29) is 19.1 Å². The third-order valence-electron chi connectivity index (χ3n) is 6.34. The monoisotopic (exact) mass is 502 g/mol. The average molecular weight is 503 g/mol. The summed E-state index contributed by atoms with van der Waals surface area (Å²) < 4.78 is 0. The summed E-state index contributed by atoms with van der Waals surface area (Å²) in [6.07, 6.45) is 2.05. The number of thiophene rings is 1. The second-order valence-corrected chi connectivity index (χ2v) is 9.71. The van der Waals surface area contributed by atoms with Gasteiger partial charge in [-0.15, -0.1) is 11.3 Å². The zero-order valence-electron chi connectivity index (χ0n) is 21.0. The molecule has 0 aliphatic carbocycles. The summed E-state index contributed by atoms with van der Waals surface area (Å²) in [5.41, 5.74) is 8.50.